The maximum Gasteiger partial charge on any atom is 0.241 e. The second-order valence-electron chi connectivity index (χ2n) is 5.58. The van der Waals surface area contributed by atoms with Crippen LogP contribution in [0.5, 0.6) is 0 Å². The molecule has 4 nitrogen and oxygen atoms in total. The van der Waals surface area contributed by atoms with Crippen LogP contribution in [0.15, 0.2) is 23.1 Å². The Morgan fingerprint density at radius 1 is 1.40 bits per heavy atom. The van der Waals surface area contributed by atoms with Crippen molar-refractivity contribution in [1.29, 1.82) is 0 Å². The van der Waals surface area contributed by atoms with Gasteiger partial charge in [-0.05, 0) is 49.8 Å². The molecule has 110 valence electrons. The van der Waals surface area contributed by atoms with E-state index in [0.717, 1.165) is 19.3 Å². The fourth-order valence-corrected chi connectivity index (χ4v) is 4.34. The van der Waals surface area contributed by atoms with E-state index >= 15 is 0 Å². The summed E-state index contributed by atoms with van der Waals surface area (Å²) < 4.78 is 27.6. The van der Waals surface area contributed by atoms with Crippen LogP contribution in [0.1, 0.15) is 37.3 Å². The van der Waals surface area contributed by atoms with Crippen LogP contribution >= 0.6 is 12.2 Å². The predicted molar refractivity (Wildman–Crippen MR) is 84.2 cm³/mol. The number of benzene rings is 1. The molecule has 0 spiro atoms. The van der Waals surface area contributed by atoms with Crippen molar-refractivity contribution in [2.75, 3.05) is 0 Å². The number of aryl methyl sites for hydroxylation is 1. The molecule has 0 heterocycles. The van der Waals surface area contributed by atoms with E-state index in [-0.39, 0.29) is 11.0 Å². The summed E-state index contributed by atoms with van der Waals surface area (Å²) in [5, 5.41) is 0. The molecule has 3 N–H and O–H groups in total. The van der Waals surface area contributed by atoms with Crippen LogP contribution in [-0.4, -0.2) is 19.4 Å². The monoisotopic (exact) mass is 312 g/mol. The minimum absolute atomic E-state index is 0.0460. The Morgan fingerprint density at radius 3 is 2.60 bits per heavy atom. The third-order valence-electron chi connectivity index (χ3n) is 3.77. The maximum atomic E-state index is 12.4. The molecule has 0 saturated heterocycles. The van der Waals surface area contributed by atoms with Gasteiger partial charge in [0.05, 0.1) is 4.90 Å². The molecule has 0 aliphatic heterocycles. The minimum Gasteiger partial charge on any atom is -0.389 e. The lowest BCUT2D eigenvalue weighted by Gasteiger charge is -2.15. The van der Waals surface area contributed by atoms with Crippen LogP contribution in [0.2, 0.25) is 0 Å². The standard InChI is InChI=1S/C14H20N2O2S2/c1-9-3-5-12(7-9)16-20(17,18)13-6-4-11(14(15)19)8-10(13)2/h4,6,8-9,12,16H,3,5,7H2,1-2H3,(H2,15,19). The zero-order valence-electron chi connectivity index (χ0n) is 11.7. The van der Waals surface area contributed by atoms with Crippen molar-refractivity contribution in [3.05, 3.63) is 29.3 Å². The van der Waals surface area contributed by atoms with E-state index in [0.29, 0.717) is 21.9 Å². The van der Waals surface area contributed by atoms with Crippen LogP contribution in [0, 0.1) is 12.8 Å². The van der Waals surface area contributed by atoms with Gasteiger partial charge < -0.3 is 5.73 Å². The molecule has 2 unspecified atom stereocenters. The largest absolute Gasteiger partial charge is 0.389 e. The molecule has 6 heteroatoms. The third-order valence-corrected chi connectivity index (χ3v) is 5.68. The number of nitrogens with two attached hydrogens (primary N) is 1. The molecule has 1 aliphatic rings. The molecule has 1 saturated carbocycles. The van der Waals surface area contributed by atoms with Gasteiger partial charge in [-0.1, -0.05) is 25.2 Å². The first-order valence-corrected chi connectivity index (χ1v) is 8.61. The summed E-state index contributed by atoms with van der Waals surface area (Å²) in [7, 11) is -3.47. The van der Waals surface area contributed by atoms with Gasteiger partial charge in [-0.3, -0.25) is 0 Å². The zero-order valence-corrected chi connectivity index (χ0v) is 13.4. The summed E-state index contributed by atoms with van der Waals surface area (Å²) in [5.74, 6) is 0.584. The first kappa shape index (κ1) is 15.4. The number of rotatable bonds is 4. The van der Waals surface area contributed by atoms with Crippen LogP contribution in [0.25, 0.3) is 0 Å². The summed E-state index contributed by atoms with van der Waals surface area (Å²) in [4.78, 5) is 0.576. The first-order chi connectivity index (χ1) is 9.29. The molecule has 1 aromatic rings. The number of hydrogen-bond donors (Lipinski definition) is 2. The Bertz CT molecular complexity index is 626. The fourth-order valence-electron chi connectivity index (χ4n) is 2.70. The Kier molecular flexibility index (Phi) is 4.46. The Morgan fingerprint density at radius 2 is 2.10 bits per heavy atom. The lowest BCUT2D eigenvalue weighted by Crippen LogP contribution is -2.33. The minimum atomic E-state index is -3.47. The summed E-state index contributed by atoms with van der Waals surface area (Å²) in [6.45, 7) is 3.91. The van der Waals surface area contributed by atoms with E-state index in [4.69, 9.17) is 18.0 Å². The molecule has 1 fully saturated rings. The molecule has 0 aromatic heterocycles. The molecular weight excluding hydrogens is 292 g/mol. The number of nitrogens with one attached hydrogen (secondary N) is 1. The third kappa shape index (κ3) is 3.37. The molecule has 0 bridgehead atoms. The van der Waals surface area contributed by atoms with E-state index < -0.39 is 10.0 Å². The van der Waals surface area contributed by atoms with E-state index in [1.807, 2.05) is 0 Å². The summed E-state index contributed by atoms with van der Waals surface area (Å²) in [6.07, 6.45) is 2.89. The van der Waals surface area contributed by atoms with Crippen LogP contribution in [-0.2, 0) is 10.0 Å². The van der Waals surface area contributed by atoms with Gasteiger partial charge >= 0.3 is 0 Å². The van der Waals surface area contributed by atoms with E-state index in [1.54, 1.807) is 25.1 Å². The summed E-state index contributed by atoms with van der Waals surface area (Å²) in [6, 6.07) is 4.99. The van der Waals surface area contributed by atoms with Gasteiger partial charge in [-0.25, -0.2) is 13.1 Å². The Labute approximate surface area is 125 Å². The Hall–Kier alpha value is -0.980. The second-order valence-corrected chi connectivity index (χ2v) is 7.70. The predicted octanol–water partition coefficient (Wildman–Crippen LogP) is 2.10. The number of hydrogen-bond acceptors (Lipinski definition) is 3. The molecule has 2 rings (SSSR count). The first-order valence-electron chi connectivity index (χ1n) is 6.72. The van der Waals surface area contributed by atoms with Crippen molar-refractivity contribution in [3.8, 4) is 0 Å². The molecule has 0 amide bonds. The van der Waals surface area contributed by atoms with Gasteiger partial charge in [-0.2, -0.15) is 0 Å². The lowest BCUT2D eigenvalue weighted by atomic mass is 10.1. The fraction of sp³-hybridized carbons (Fsp3) is 0.500. The van der Waals surface area contributed by atoms with Gasteiger partial charge in [-0.15, -0.1) is 0 Å². The molecule has 1 aromatic carbocycles. The van der Waals surface area contributed by atoms with Gasteiger partial charge in [0.15, 0.2) is 0 Å². The highest BCUT2D eigenvalue weighted by molar-refractivity contribution is 7.89. The molecule has 0 radical (unpaired) electrons. The van der Waals surface area contributed by atoms with Gasteiger partial charge in [0, 0.05) is 11.6 Å². The maximum absolute atomic E-state index is 12.4. The Balaban J connectivity index is 2.23. The molecular formula is C14H20N2O2S2. The van der Waals surface area contributed by atoms with Crippen molar-refractivity contribution >= 4 is 27.2 Å². The lowest BCUT2D eigenvalue weighted by molar-refractivity contribution is 0.538. The number of sulfonamides is 1. The van der Waals surface area contributed by atoms with E-state index in [2.05, 4.69) is 11.6 Å². The summed E-state index contributed by atoms with van der Waals surface area (Å²) in [5.41, 5.74) is 6.90. The van der Waals surface area contributed by atoms with E-state index in [1.165, 1.54) is 0 Å². The van der Waals surface area contributed by atoms with Crippen molar-refractivity contribution in [2.24, 2.45) is 11.7 Å². The van der Waals surface area contributed by atoms with Gasteiger partial charge in [0.25, 0.3) is 0 Å². The van der Waals surface area contributed by atoms with Crippen molar-refractivity contribution in [1.82, 2.24) is 4.72 Å². The van der Waals surface area contributed by atoms with Crippen LogP contribution in [0.3, 0.4) is 0 Å². The number of thiocarbonyl (C=S) groups is 1. The average Bonchev–Trinajstić information content (AvgIpc) is 2.73. The second kappa shape index (κ2) is 5.79. The van der Waals surface area contributed by atoms with Crippen molar-refractivity contribution in [3.63, 3.8) is 0 Å². The molecule has 2 atom stereocenters. The normalized spacial score (nSPS) is 22.9. The van der Waals surface area contributed by atoms with Gasteiger partial charge in [0.2, 0.25) is 10.0 Å². The van der Waals surface area contributed by atoms with Crippen molar-refractivity contribution < 1.29 is 8.42 Å². The van der Waals surface area contributed by atoms with Crippen molar-refractivity contribution in [2.45, 2.75) is 44.0 Å². The molecule has 20 heavy (non-hydrogen) atoms. The van der Waals surface area contributed by atoms with E-state index in [9.17, 15) is 8.42 Å². The smallest absolute Gasteiger partial charge is 0.241 e. The highest BCUT2D eigenvalue weighted by Crippen LogP contribution is 2.26. The van der Waals surface area contributed by atoms with Crippen LogP contribution in [0.4, 0.5) is 0 Å². The SMILES string of the molecule is Cc1cc(C(N)=S)ccc1S(=O)(=O)NC1CCC(C)C1. The van der Waals surface area contributed by atoms with Crippen LogP contribution < -0.4 is 10.5 Å². The topological polar surface area (TPSA) is 72.2 Å². The summed E-state index contributed by atoms with van der Waals surface area (Å²) >= 11 is 4.90. The average molecular weight is 312 g/mol. The highest BCUT2D eigenvalue weighted by Gasteiger charge is 2.27. The quantitative estimate of drug-likeness (QED) is 0.835. The molecule has 1 aliphatic carbocycles. The highest BCUT2D eigenvalue weighted by atomic mass is 32.2. The zero-order chi connectivity index (χ0) is 14.9. The van der Waals surface area contributed by atoms with Gasteiger partial charge in [0.1, 0.15) is 4.99 Å².